The average Bonchev–Trinajstić information content (AvgIpc) is 3.37. The Balaban J connectivity index is 1.48. The van der Waals surface area contributed by atoms with Gasteiger partial charge in [-0.05, 0) is 32.1 Å². The second-order valence-electron chi connectivity index (χ2n) is 6.40. The van der Waals surface area contributed by atoms with E-state index in [1.807, 2.05) is 5.38 Å². The van der Waals surface area contributed by atoms with E-state index in [-0.39, 0.29) is 23.5 Å². The Morgan fingerprint density at radius 2 is 2.35 bits per heavy atom. The van der Waals surface area contributed by atoms with E-state index in [0.717, 1.165) is 50.0 Å². The summed E-state index contributed by atoms with van der Waals surface area (Å²) in [6, 6.07) is 0. The topological polar surface area (TPSA) is 86.1 Å². The van der Waals surface area contributed by atoms with Crippen LogP contribution in [0.1, 0.15) is 30.5 Å². The van der Waals surface area contributed by atoms with Gasteiger partial charge >= 0.3 is 5.69 Å². The van der Waals surface area contributed by atoms with E-state index >= 15 is 0 Å². The van der Waals surface area contributed by atoms with Crippen molar-refractivity contribution in [1.29, 1.82) is 0 Å². The van der Waals surface area contributed by atoms with Gasteiger partial charge in [0.25, 0.3) is 0 Å². The molecule has 0 bridgehead atoms. The van der Waals surface area contributed by atoms with Crippen LogP contribution in [0.25, 0.3) is 0 Å². The number of ether oxygens (including phenoxy) is 1. The second-order valence-corrected chi connectivity index (χ2v) is 8.26. The summed E-state index contributed by atoms with van der Waals surface area (Å²) in [6.45, 7) is 1.36. The van der Waals surface area contributed by atoms with Gasteiger partial charge in [-0.3, -0.25) is 9.36 Å². The first-order chi connectivity index (χ1) is 12.7. The summed E-state index contributed by atoms with van der Waals surface area (Å²) in [5, 5.41) is 5.84. The lowest BCUT2D eigenvalue weighted by molar-refractivity contribution is -0.113. The zero-order valence-electron chi connectivity index (χ0n) is 14.3. The highest BCUT2D eigenvalue weighted by Crippen LogP contribution is 2.30. The Bertz CT molecular complexity index is 844. The molecule has 0 spiro atoms. The predicted molar refractivity (Wildman–Crippen MR) is 101 cm³/mol. The van der Waals surface area contributed by atoms with Gasteiger partial charge in [-0.15, -0.1) is 11.3 Å². The van der Waals surface area contributed by atoms with Crippen molar-refractivity contribution >= 4 is 34.1 Å². The van der Waals surface area contributed by atoms with Crippen LogP contribution in [0, 0.1) is 0 Å². The minimum absolute atomic E-state index is 0.113. The third kappa shape index (κ3) is 3.84. The number of fused-ring (bicyclic) bond motifs is 1. The number of nitrogens with one attached hydrogen (secondary N) is 1. The van der Waals surface area contributed by atoms with Gasteiger partial charge in [0.15, 0.2) is 5.13 Å². The van der Waals surface area contributed by atoms with E-state index in [4.69, 9.17) is 4.74 Å². The predicted octanol–water partition coefficient (Wildman–Crippen LogP) is 2.10. The minimum atomic E-state index is -0.232. The van der Waals surface area contributed by atoms with Crippen molar-refractivity contribution in [2.24, 2.45) is 0 Å². The second kappa shape index (κ2) is 7.89. The quantitative estimate of drug-likeness (QED) is 0.598. The summed E-state index contributed by atoms with van der Waals surface area (Å²) in [6.07, 6.45) is 6.62. The molecule has 2 aromatic rings. The number of amides is 1. The number of hydrogen-bond donors (Lipinski definition) is 1. The molecule has 1 amide bonds. The summed E-state index contributed by atoms with van der Waals surface area (Å²) in [5.74, 6) is 0.0795. The van der Waals surface area contributed by atoms with Crippen LogP contribution in [-0.4, -0.2) is 38.9 Å². The van der Waals surface area contributed by atoms with E-state index in [2.05, 4.69) is 15.3 Å². The Morgan fingerprint density at radius 1 is 1.42 bits per heavy atom. The molecule has 0 saturated carbocycles. The highest BCUT2D eigenvalue weighted by atomic mass is 32.2. The lowest BCUT2D eigenvalue weighted by Gasteiger charge is -2.17. The lowest BCUT2D eigenvalue weighted by Crippen LogP contribution is -2.31. The van der Waals surface area contributed by atoms with E-state index in [1.54, 1.807) is 10.8 Å². The Hall–Kier alpha value is -1.71. The molecule has 1 atom stereocenters. The molecule has 1 aliphatic heterocycles. The Labute approximate surface area is 159 Å². The summed E-state index contributed by atoms with van der Waals surface area (Å²) >= 11 is 2.71. The summed E-state index contributed by atoms with van der Waals surface area (Å²) < 4.78 is 7.47. The molecule has 0 unspecified atom stereocenters. The molecule has 3 heterocycles. The minimum Gasteiger partial charge on any atom is -0.376 e. The van der Waals surface area contributed by atoms with Crippen molar-refractivity contribution in [3.05, 3.63) is 33.3 Å². The normalized spacial score (nSPS) is 18.8. The van der Waals surface area contributed by atoms with Crippen LogP contribution >= 0.6 is 23.1 Å². The van der Waals surface area contributed by atoms with Gasteiger partial charge in [0.1, 0.15) is 5.03 Å². The Kier molecular flexibility index (Phi) is 5.37. The van der Waals surface area contributed by atoms with Crippen molar-refractivity contribution in [2.75, 3.05) is 17.7 Å². The fourth-order valence-electron chi connectivity index (χ4n) is 3.46. The van der Waals surface area contributed by atoms with E-state index in [9.17, 15) is 9.59 Å². The fraction of sp³-hybridized carbons (Fsp3) is 0.529. The van der Waals surface area contributed by atoms with Gasteiger partial charge in [-0.1, -0.05) is 11.8 Å². The smallest absolute Gasteiger partial charge is 0.348 e. The van der Waals surface area contributed by atoms with Crippen LogP contribution < -0.4 is 11.0 Å². The molecule has 26 heavy (non-hydrogen) atoms. The zero-order valence-corrected chi connectivity index (χ0v) is 15.9. The molecule has 1 N–H and O–H groups in total. The highest BCUT2D eigenvalue weighted by Gasteiger charge is 2.25. The van der Waals surface area contributed by atoms with E-state index < -0.39 is 0 Å². The number of nitrogens with zero attached hydrogens (tertiary/aromatic N) is 3. The summed E-state index contributed by atoms with van der Waals surface area (Å²) in [7, 11) is 0. The van der Waals surface area contributed by atoms with Gasteiger partial charge < -0.3 is 10.1 Å². The third-order valence-electron chi connectivity index (χ3n) is 4.63. The maximum atomic E-state index is 12.6. The van der Waals surface area contributed by atoms with Crippen LogP contribution in [0.3, 0.4) is 0 Å². The fourth-order valence-corrected chi connectivity index (χ4v) is 4.88. The van der Waals surface area contributed by atoms with Gasteiger partial charge in [0, 0.05) is 29.4 Å². The summed E-state index contributed by atoms with van der Waals surface area (Å²) in [5.41, 5.74) is 1.96. The number of rotatable bonds is 6. The molecule has 1 aliphatic carbocycles. The SMILES string of the molecule is O=C(CSc1nc(=O)n(C[C@H]2CCCO2)c2c1CCC2)Nc1nccs1. The standard InChI is InChI=1S/C17H20N4O3S2/c22-14(19-16-18-6-8-25-16)10-26-15-12-4-1-5-13(12)21(17(23)20-15)9-11-3-2-7-24-11/h6,8,11H,1-5,7,9-10H2,(H,18,19,22)/t11-/m1/s1. The molecule has 0 radical (unpaired) electrons. The molecule has 2 aliphatic rings. The molecule has 9 heteroatoms. The van der Waals surface area contributed by atoms with Crippen LogP contribution in [-0.2, 0) is 28.9 Å². The molecule has 1 fully saturated rings. The number of carbonyl (C=O) groups excluding carboxylic acids is 1. The van der Waals surface area contributed by atoms with Crippen molar-refractivity contribution < 1.29 is 9.53 Å². The summed E-state index contributed by atoms with van der Waals surface area (Å²) in [4.78, 5) is 33.0. The molecule has 4 rings (SSSR count). The van der Waals surface area contributed by atoms with Crippen LogP contribution in [0.15, 0.2) is 21.4 Å². The van der Waals surface area contributed by atoms with Crippen molar-refractivity contribution in [2.45, 2.75) is 49.8 Å². The number of carbonyl (C=O) groups is 1. The molecule has 2 aromatic heterocycles. The number of aromatic nitrogens is 3. The first-order valence-electron chi connectivity index (χ1n) is 8.77. The molecule has 1 saturated heterocycles. The molecule has 138 valence electrons. The third-order valence-corrected chi connectivity index (χ3v) is 6.34. The van der Waals surface area contributed by atoms with Gasteiger partial charge in [0.2, 0.25) is 5.91 Å². The van der Waals surface area contributed by atoms with Crippen molar-refractivity contribution in [3.63, 3.8) is 0 Å². The first kappa shape index (κ1) is 17.7. The zero-order chi connectivity index (χ0) is 17.9. The lowest BCUT2D eigenvalue weighted by atomic mass is 10.2. The average molecular weight is 393 g/mol. The molecule has 7 nitrogen and oxygen atoms in total. The largest absolute Gasteiger partial charge is 0.376 e. The molecular weight excluding hydrogens is 372 g/mol. The molecule has 0 aromatic carbocycles. The van der Waals surface area contributed by atoms with E-state index in [1.165, 1.54) is 23.1 Å². The van der Waals surface area contributed by atoms with E-state index in [0.29, 0.717) is 16.7 Å². The number of thiazole rings is 1. The number of anilines is 1. The van der Waals surface area contributed by atoms with Gasteiger partial charge in [-0.25, -0.2) is 9.78 Å². The van der Waals surface area contributed by atoms with Crippen LogP contribution in [0.5, 0.6) is 0 Å². The van der Waals surface area contributed by atoms with Crippen molar-refractivity contribution in [3.8, 4) is 0 Å². The Morgan fingerprint density at radius 3 is 3.12 bits per heavy atom. The van der Waals surface area contributed by atoms with Gasteiger partial charge in [-0.2, -0.15) is 4.98 Å². The highest BCUT2D eigenvalue weighted by molar-refractivity contribution is 8.00. The number of hydrogen-bond acceptors (Lipinski definition) is 7. The van der Waals surface area contributed by atoms with Gasteiger partial charge in [0.05, 0.1) is 18.4 Å². The number of thioether (sulfide) groups is 1. The first-order valence-corrected chi connectivity index (χ1v) is 10.6. The van der Waals surface area contributed by atoms with Crippen LogP contribution in [0.4, 0.5) is 5.13 Å². The maximum Gasteiger partial charge on any atom is 0.348 e. The molecular formula is C17H20N4O3S2. The van der Waals surface area contributed by atoms with Crippen molar-refractivity contribution in [1.82, 2.24) is 14.5 Å². The van der Waals surface area contributed by atoms with Crippen LogP contribution in [0.2, 0.25) is 0 Å². The maximum absolute atomic E-state index is 12.6. The monoisotopic (exact) mass is 392 g/mol.